The molecule has 4 heteroatoms. The highest BCUT2D eigenvalue weighted by molar-refractivity contribution is 6.18. The first-order valence-corrected chi connectivity index (χ1v) is 4.79. The summed E-state index contributed by atoms with van der Waals surface area (Å²) in [6, 6.07) is 0.300. The minimum absolute atomic E-state index is 0.0527. The smallest absolute Gasteiger partial charge is 0.221 e. The predicted molar refractivity (Wildman–Crippen MR) is 47.3 cm³/mol. The van der Waals surface area contributed by atoms with Crippen LogP contribution in [0.4, 0.5) is 0 Å². The number of halogens is 1. The van der Waals surface area contributed by atoms with Gasteiger partial charge in [-0.05, 0) is 12.8 Å². The van der Waals surface area contributed by atoms with Crippen LogP contribution in [0, 0.1) is 0 Å². The monoisotopic (exact) mass is 191 g/mol. The standard InChI is InChI=1S/C8H14ClNO2/c9-4-1-8(11)10-7-2-5-12-6-3-7/h7H,1-6H2,(H,10,11). The maximum absolute atomic E-state index is 11.1. The molecule has 1 aliphatic rings. The van der Waals surface area contributed by atoms with Gasteiger partial charge in [0.1, 0.15) is 0 Å². The fraction of sp³-hybridized carbons (Fsp3) is 0.875. The van der Waals surface area contributed by atoms with Crippen molar-refractivity contribution >= 4 is 17.5 Å². The number of ether oxygens (including phenoxy) is 1. The summed E-state index contributed by atoms with van der Waals surface area (Å²) < 4.78 is 5.16. The van der Waals surface area contributed by atoms with Gasteiger partial charge in [-0.3, -0.25) is 4.79 Å². The quantitative estimate of drug-likeness (QED) is 0.674. The lowest BCUT2D eigenvalue weighted by Crippen LogP contribution is -2.38. The summed E-state index contributed by atoms with van der Waals surface area (Å²) in [5, 5.41) is 2.92. The Hall–Kier alpha value is -0.280. The van der Waals surface area contributed by atoms with Crippen LogP contribution in [0.5, 0.6) is 0 Å². The van der Waals surface area contributed by atoms with Crippen molar-refractivity contribution < 1.29 is 9.53 Å². The van der Waals surface area contributed by atoms with Gasteiger partial charge in [-0.2, -0.15) is 0 Å². The maximum atomic E-state index is 11.1. The highest BCUT2D eigenvalue weighted by atomic mass is 35.5. The molecule has 1 saturated heterocycles. The second-order valence-corrected chi connectivity index (χ2v) is 3.27. The molecule has 1 amide bonds. The Labute approximate surface area is 77.4 Å². The van der Waals surface area contributed by atoms with Crippen molar-refractivity contribution in [3.63, 3.8) is 0 Å². The first-order valence-electron chi connectivity index (χ1n) is 4.26. The molecule has 12 heavy (non-hydrogen) atoms. The van der Waals surface area contributed by atoms with Crippen molar-refractivity contribution in [1.29, 1.82) is 0 Å². The Morgan fingerprint density at radius 2 is 2.17 bits per heavy atom. The van der Waals surface area contributed by atoms with E-state index in [1.165, 1.54) is 0 Å². The van der Waals surface area contributed by atoms with Crippen molar-refractivity contribution in [2.45, 2.75) is 25.3 Å². The number of hydrogen-bond acceptors (Lipinski definition) is 2. The van der Waals surface area contributed by atoms with Gasteiger partial charge in [0.25, 0.3) is 0 Å². The molecule has 0 radical (unpaired) electrons. The zero-order chi connectivity index (χ0) is 8.81. The number of nitrogens with one attached hydrogen (secondary N) is 1. The van der Waals surface area contributed by atoms with Crippen LogP contribution in [-0.4, -0.2) is 31.0 Å². The third-order valence-electron chi connectivity index (χ3n) is 1.91. The third kappa shape index (κ3) is 3.41. The van der Waals surface area contributed by atoms with Crippen LogP contribution in [0.2, 0.25) is 0 Å². The molecule has 0 aliphatic carbocycles. The molecule has 0 aromatic rings. The van der Waals surface area contributed by atoms with Crippen LogP contribution < -0.4 is 5.32 Å². The van der Waals surface area contributed by atoms with E-state index >= 15 is 0 Å². The third-order valence-corrected chi connectivity index (χ3v) is 2.10. The average Bonchev–Trinajstić information content (AvgIpc) is 2.06. The summed E-state index contributed by atoms with van der Waals surface area (Å²) in [7, 11) is 0. The van der Waals surface area contributed by atoms with Gasteiger partial charge >= 0.3 is 0 Å². The van der Waals surface area contributed by atoms with Crippen LogP contribution >= 0.6 is 11.6 Å². The molecule has 0 aromatic carbocycles. The molecule has 0 bridgehead atoms. The Bertz CT molecular complexity index is 146. The van der Waals surface area contributed by atoms with Crippen LogP contribution in [0.3, 0.4) is 0 Å². The molecule has 0 spiro atoms. The van der Waals surface area contributed by atoms with Crippen LogP contribution in [0.1, 0.15) is 19.3 Å². The summed E-state index contributed by atoms with van der Waals surface area (Å²) in [4.78, 5) is 11.1. The normalized spacial score (nSPS) is 19.1. The molecule has 1 rings (SSSR count). The number of rotatable bonds is 3. The number of amides is 1. The molecule has 3 nitrogen and oxygen atoms in total. The topological polar surface area (TPSA) is 38.3 Å². The van der Waals surface area contributed by atoms with E-state index in [4.69, 9.17) is 16.3 Å². The largest absolute Gasteiger partial charge is 0.381 e. The lowest BCUT2D eigenvalue weighted by Gasteiger charge is -2.22. The molecule has 0 saturated carbocycles. The van der Waals surface area contributed by atoms with Gasteiger partial charge in [-0.15, -0.1) is 11.6 Å². The average molecular weight is 192 g/mol. The van der Waals surface area contributed by atoms with Gasteiger partial charge < -0.3 is 10.1 Å². The highest BCUT2D eigenvalue weighted by Gasteiger charge is 2.15. The Morgan fingerprint density at radius 3 is 2.75 bits per heavy atom. The van der Waals surface area contributed by atoms with Crippen molar-refractivity contribution in [3.05, 3.63) is 0 Å². The first kappa shape index (κ1) is 9.81. The van der Waals surface area contributed by atoms with Gasteiger partial charge in [-0.25, -0.2) is 0 Å². The van der Waals surface area contributed by atoms with Gasteiger partial charge in [-0.1, -0.05) is 0 Å². The van der Waals surface area contributed by atoms with Crippen LogP contribution in [-0.2, 0) is 9.53 Å². The van der Waals surface area contributed by atoms with Gasteiger partial charge in [0.2, 0.25) is 5.91 Å². The first-order chi connectivity index (χ1) is 5.83. The van der Waals surface area contributed by atoms with E-state index in [2.05, 4.69) is 5.32 Å². The molecule has 70 valence electrons. The Balaban J connectivity index is 2.15. The summed E-state index contributed by atoms with van der Waals surface area (Å²) in [5.74, 6) is 0.451. The number of carbonyl (C=O) groups excluding carboxylic acids is 1. The second-order valence-electron chi connectivity index (χ2n) is 2.89. The number of hydrogen-bond donors (Lipinski definition) is 1. The SMILES string of the molecule is O=C(CCCl)NC1CCOCC1. The fourth-order valence-electron chi connectivity index (χ4n) is 1.23. The summed E-state index contributed by atoms with van der Waals surface area (Å²) in [5.41, 5.74) is 0. The van der Waals surface area contributed by atoms with Crippen LogP contribution in [0.25, 0.3) is 0 Å². The predicted octanol–water partition coefficient (Wildman–Crippen LogP) is 0.911. The van der Waals surface area contributed by atoms with Crippen molar-refractivity contribution in [2.24, 2.45) is 0 Å². The molecule has 1 fully saturated rings. The lowest BCUT2D eigenvalue weighted by atomic mass is 10.1. The van der Waals surface area contributed by atoms with E-state index in [0.717, 1.165) is 26.1 Å². The summed E-state index contributed by atoms with van der Waals surface area (Å²) in [6.07, 6.45) is 2.26. The van der Waals surface area contributed by atoms with Gasteiger partial charge in [0, 0.05) is 31.6 Å². The van der Waals surface area contributed by atoms with Gasteiger partial charge in [0.15, 0.2) is 0 Å². The number of carbonyl (C=O) groups is 1. The molecule has 0 aromatic heterocycles. The van der Waals surface area contributed by atoms with E-state index < -0.39 is 0 Å². The summed E-state index contributed by atoms with van der Waals surface area (Å²) in [6.45, 7) is 1.51. The Morgan fingerprint density at radius 1 is 1.50 bits per heavy atom. The van der Waals surface area contributed by atoms with E-state index in [9.17, 15) is 4.79 Å². The zero-order valence-electron chi connectivity index (χ0n) is 7.01. The molecule has 1 N–H and O–H groups in total. The van der Waals surface area contributed by atoms with Crippen LogP contribution in [0.15, 0.2) is 0 Å². The second kappa shape index (κ2) is 5.38. The minimum Gasteiger partial charge on any atom is -0.381 e. The molecule has 1 aliphatic heterocycles. The van der Waals surface area contributed by atoms with Crippen molar-refractivity contribution in [3.8, 4) is 0 Å². The summed E-state index contributed by atoms with van der Waals surface area (Å²) >= 11 is 5.43. The highest BCUT2D eigenvalue weighted by Crippen LogP contribution is 2.06. The van der Waals surface area contributed by atoms with E-state index in [0.29, 0.717) is 18.3 Å². The van der Waals surface area contributed by atoms with Crippen molar-refractivity contribution in [1.82, 2.24) is 5.32 Å². The molecule has 0 unspecified atom stereocenters. The molecular formula is C8H14ClNO2. The van der Waals surface area contributed by atoms with E-state index in [1.54, 1.807) is 0 Å². The maximum Gasteiger partial charge on any atom is 0.221 e. The number of alkyl halides is 1. The van der Waals surface area contributed by atoms with E-state index in [-0.39, 0.29) is 5.91 Å². The molecule has 1 heterocycles. The van der Waals surface area contributed by atoms with Gasteiger partial charge in [0.05, 0.1) is 0 Å². The Kier molecular flexibility index (Phi) is 4.40. The van der Waals surface area contributed by atoms with Crippen molar-refractivity contribution in [2.75, 3.05) is 19.1 Å². The molecular weight excluding hydrogens is 178 g/mol. The lowest BCUT2D eigenvalue weighted by molar-refractivity contribution is -0.121. The van der Waals surface area contributed by atoms with E-state index in [1.807, 2.05) is 0 Å². The molecule has 0 atom stereocenters. The minimum atomic E-state index is 0.0527. The fourth-order valence-corrected chi connectivity index (χ4v) is 1.40. The zero-order valence-corrected chi connectivity index (χ0v) is 7.77.